The topological polar surface area (TPSA) is 88.4 Å². The second-order valence-electron chi connectivity index (χ2n) is 7.66. The number of amides is 1. The van der Waals surface area contributed by atoms with Crippen LogP contribution in [0.4, 0.5) is 0 Å². The molecule has 7 heteroatoms. The second kappa shape index (κ2) is 7.75. The van der Waals surface area contributed by atoms with Crippen LogP contribution in [0.3, 0.4) is 0 Å². The molecule has 0 spiro atoms. The zero-order valence-electron chi connectivity index (χ0n) is 16.6. The molecule has 3 aromatic rings. The number of carbonyl (C=O) groups excluding carboxylic acids is 1. The predicted molar refractivity (Wildman–Crippen MR) is 109 cm³/mol. The van der Waals surface area contributed by atoms with Crippen molar-refractivity contribution in [3.8, 4) is 16.9 Å². The van der Waals surface area contributed by atoms with E-state index in [1.807, 2.05) is 31.2 Å². The monoisotopic (exact) mass is 392 g/mol. The van der Waals surface area contributed by atoms with Crippen LogP contribution in [0.15, 0.2) is 42.9 Å². The zero-order chi connectivity index (χ0) is 20.4. The Hall–Kier alpha value is -3.06. The molecule has 0 saturated carbocycles. The average molecular weight is 392 g/mol. The van der Waals surface area contributed by atoms with E-state index in [0.29, 0.717) is 42.9 Å². The lowest BCUT2D eigenvalue weighted by Gasteiger charge is -2.35. The maximum absolute atomic E-state index is 12.7. The Morgan fingerprint density at radius 2 is 1.90 bits per heavy atom. The summed E-state index contributed by atoms with van der Waals surface area (Å²) in [6, 6.07) is 7.66. The number of carbonyl (C=O) groups is 1. The fourth-order valence-corrected chi connectivity index (χ4v) is 3.63. The van der Waals surface area contributed by atoms with E-state index >= 15 is 0 Å². The number of benzene rings is 1. The van der Waals surface area contributed by atoms with Gasteiger partial charge in [0.05, 0.1) is 24.8 Å². The van der Waals surface area contributed by atoms with Crippen molar-refractivity contribution in [3.63, 3.8) is 0 Å². The molecule has 1 amide bonds. The van der Waals surface area contributed by atoms with Crippen LogP contribution in [0, 0.1) is 0 Å². The van der Waals surface area contributed by atoms with Crippen LogP contribution in [0.1, 0.15) is 25.5 Å². The van der Waals surface area contributed by atoms with E-state index in [0.717, 1.165) is 16.6 Å². The van der Waals surface area contributed by atoms with Gasteiger partial charge >= 0.3 is 0 Å². The summed E-state index contributed by atoms with van der Waals surface area (Å²) in [7, 11) is 1.60. The van der Waals surface area contributed by atoms with Gasteiger partial charge in [-0.2, -0.15) is 0 Å². The Morgan fingerprint density at radius 3 is 2.59 bits per heavy atom. The van der Waals surface area contributed by atoms with Gasteiger partial charge in [-0.15, -0.1) is 0 Å². The smallest absolute Gasteiger partial charge is 0.228 e. The van der Waals surface area contributed by atoms with Crippen molar-refractivity contribution < 1.29 is 14.6 Å². The lowest BCUT2D eigenvalue weighted by Crippen LogP contribution is -2.45. The summed E-state index contributed by atoms with van der Waals surface area (Å²) >= 11 is 0. The molecule has 1 saturated heterocycles. The Morgan fingerprint density at radius 1 is 1.17 bits per heavy atom. The Labute approximate surface area is 169 Å². The van der Waals surface area contributed by atoms with Crippen molar-refractivity contribution in [2.45, 2.75) is 31.8 Å². The highest BCUT2D eigenvalue weighted by Gasteiger charge is 2.29. The van der Waals surface area contributed by atoms with Gasteiger partial charge in [0.25, 0.3) is 0 Å². The number of pyridine rings is 1. The molecule has 0 atom stereocenters. The number of aromatic nitrogens is 3. The van der Waals surface area contributed by atoms with Gasteiger partial charge < -0.3 is 14.7 Å². The molecular weight excluding hydrogens is 368 g/mol. The number of rotatable bonds is 4. The van der Waals surface area contributed by atoms with Gasteiger partial charge in [0.1, 0.15) is 16.8 Å². The summed E-state index contributed by atoms with van der Waals surface area (Å²) in [4.78, 5) is 27.9. The van der Waals surface area contributed by atoms with Crippen LogP contribution < -0.4 is 4.74 Å². The fraction of sp³-hybridized carbons (Fsp3) is 0.364. The molecule has 1 fully saturated rings. The summed E-state index contributed by atoms with van der Waals surface area (Å²) in [5.74, 6) is 0.618. The van der Waals surface area contributed by atoms with E-state index in [1.54, 1.807) is 30.6 Å². The summed E-state index contributed by atoms with van der Waals surface area (Å²) in [5, 5.41) is 10.1. The summed E-state index contributed by atoms with van der Waals surface area (Å²) in [6.07, 6.45) is 6.48. The molecule has 150 valence electrons. The number of piperidine rings is 1. The number of likely N-dealkylation sites (tertiary alicyclic amines) is 1. The van der Waals surface area contributed by atoms with Crippen molar-refractivity contribution in [2.75, 3.05) is 20.2 Å². The first-order valence-electron chi connectivity index (χ1n) is 9.70. The number of aliphatic hydroxyl groups is 1. The van der Waals surface area contributed by atoms with E-state index in [4.69, 9.17) is 9.72 Å². The largest absolute Gasteiger partial charge is 0.494 e. The van der Waals surface area contributed by atoms with Gasteiger partial charge in [-0.1, -0.05) is 0 Å². The molecule has 0 unspecified atom stereocenters. The van der Waals surface area contributed by atoms with Gasteiger partial charge in [0.15, 0.2) is 0 Å². The number of fused-ring (bicyclic) bond motifs is 1. The lowest BCUT2D eigenvalue weighted by molar-refractivity contribution is -0.134. The second-order valence-corrected chi connectivity index (χ2v) is 7.66. The molecule has 0 aliphatic carbocycles. The maximum Gasteiger partial charge on any atom is 0.228 e. The number of nitrogens with zero attached hydrogens (tertiary/aromatic N) is 4. The highest BCUT2D eigenvalue weighted by atomic mass is 16.5. The van der Waals surface area contributed by atoms with Gasteiger partial charge in [0, 0.05) is 37.2 Å². The van der Waals surface area contributed by atoms with Crippen LogP contribution in [0.5, 0.6) is 5.75 Å². The first-order valence-corrected chi connectivity index (χ1v) is 9.70. The van der Waals surface area contributed by atoms with Crippen LogP contribution in [-0.2, 0) is 11.2 Å². The lowest BCUT2D eigenvalue weighted by atomic mass is 9.93. The van der Waals surface area contributed by atoms with E-state index < -0.39 is 5.60 Å². The summed E-state index contributed by atoms with van der Waals surface area (Å²) in [5.41, 5.74) is 3.20. The standard InChI is InChI=1S/C22H24N4O3/c1-22(28)7-11-26(12-8-22)19(27)13-16-14-24-20-17(15-5-9-23-10-6-15)3-4-18(29-2)21(20)25-16/h3-6,9-10,14,28H,7-8,11-13H2,1-2H3. The third-order valence-corrected chi connectivity index (χ3v) is 5.45. The summed E-state index contributed by atoms with van der Waals surface area (Å²) in [6.45, 7) is 2.93. The Kier molecular flexibility index (Phi) is 5.15. The SMILES string of the molecule is COc1ccc(-c2ccncc2)c2ncc(CC(=O)N3CCC(C)(O)CC3)nc12. The minimum atomic E-state index is -0.684. The fourth-order valence-electron chi connectivity index (χ4n) is 3.63. The molecule has 2 aromatic heterocycles. The van der Waals surface area contributed by atoms with Gasteiger partial charge in [-0.05, 0) is 49.6 Å². The number of methoxy groups -OCH3 is 1. The quantitative estimate of drug-likeness (QED) is 0.734. The molecule has 1 aliphatic heterocycles. The number of ether oxygens (including phenoxy) is 1. The third-order valence-electron chi connectivity index (χ3n) is 5.45. The van der Waals surface area contributed by atoms with Crippen LogP contribution >= 0.6 is 0 Å². The van der Waals surface area contributed by atoms with Crippen LogP contribution in [0.25, 0.3) is 22.2 Å². The van der Waals surface area contributed by atoms with Gasteiger partial charge in [-0.3, -0.25) is 14.8 Å². The molecule has 1 aromatic carbocycles. The molecule has 0 radical (unpaired) electrons. The minimum absolute atomic E-state index is 0.00148. The highest BCUT2D eigenvalue weighted by molar-refractivity contribution is 5.95. The molecular formula is C22H24N4O3. The van der Waals surface area contributed by atoms with Crippen molar-refractivity contribution in [2.24, 2.45) is 0 Å². The highest BCUT2D eigenvalue weighted by Crippen LogP contribution is 2.32. The number of hydrogen-bond donors (Lipinski definition) is 1. The van der Waals surface area contributed by atoms with E-state index in [2.05, 4.69) is 9.97 Å². The van der Waals surface area contributed by atoms with Crippen molar-refractivity contribution in [1.82, 2.24) is 19.9 Å². The first kappa shape index (κ1) is 19.3. The van der Waals surface area contributed by atoms with Crippen molar-refractivity contribution in [1.29, 1.82) is 0 Å². The number of hydrogen-bond acceptors (Lipinski definition) is 6. The minimum Gasteiger partial charge on any atom is -0.494 e. The molecule has 4 rings (SSSR count). The van der Waals surface area contributed by atoms with Crippen molar-refractivity contribution >= 4 is 16.9 Å². The molecule has 7 nitrogen and oxygen atoms in total. The van der Waals surface area contributed by atoms with Crippen LogP contribution in [0.2, 0.25) is 0 Å². The maximum atomic E-state index is 12.7. The van der Waals surface area contributed by atoms with E-state index in [9.17, 15) is 9.90 Å². The Balaban J connectivity index is 1.63. The predicted octanol–water partition coefficient (Wildman–Crippen LogP) is 2.62. The Bertz CT molecular complexity index is 1030. The molecule has 29 heavy (non-hydrogen) atoms. The van der Waals surface area contributed by atoms with E-state index in [1.165, 1.54) is 0 Å². The molecule has 1 N–H and O–H groups in total. The third kappa shape index (κ3) is 4.05. The van der Waals surface area contributed by atoms with Gasteiger partial charge in [-0.25, -0.2) is 4.98 Å². The average Bonchev–Trinajstić information content (AvgIpc) is 2.73. The normalized spacial score (nSPS) is 16.0. The molecule has 3 heterocycles. The van der Waals surface area contributed by atoms with Crippen molar-refractivity contribution in [3.05, 3.63) is 48.5 Å². The van der Waals surface area contributed by atoms with Crippen LogP contribution in [-0.4, -0.2) is 56.7 Å². The van der Waals surface area contributed by atoms with E-state index in [-0.39, 0.29) is 12.3 Å². The summed E-state index contributed by atoms with van der Waals surface area (Å²) < 4.78 is 5.48. The first-order chi connectivity index (χ1) is 14.0. The zero-order valence-corrected chi connectivity index (χ0v) is 16.6. The molecule has 1 aliphatic rings. The molecule has 0 bridgehead atoms. The van der Waals surface area contributed by atoms with Gasteiger partial charge in [0.2, 0.25) is 5.91 Å².